The van der Waals surface area contributed by atoms with Gasteiger partial charge in [0.15, 0.2) is 5.58 Å². The van der Waals surface area contributed by atoms with Gasteiger partial charge < -0.3 is 18.2 Å². The maximum atomic E-state index is 6.57. The zero-order chi connectivity index (χ0) is 35.6. The first-order valence-corrected chi connectivity index (χ1v) is 18.0. The van der Waals surface area contributed by atoms with Crippen molar-refractivity contribution in [1.29, 1.82) is 0 Å². The van der Waals surface area contributed by atoms with E-state index in [-0.39, 0.29) is 0 Å². The second-order valence-corrected chi connectivity index (χ2v) is 13.5. The highest BCUT2D eigenvalue weighted by Crippen LogP contribution is 2.50. The van der Waals surface area contributed by atoms with E-state index in [1.807, 2.05) is 66.7 Å². The maximum Gasteiger partial charge on any atom is 0.227 e. The monoisotopic (exact) mass is 694 g/mol. The number of rotatable bonds is 6. The summed E-state index contributed by atoms with van der Waals surface area (Å²) < 4.78 is 19.6. The van der Waals surface area contributed by atoms with E-state index in [9.17, 15) is 0 Å². The maximum absolute atomic E-state index is 6.57. The molecule has 0 aliphatic carbocycles. The summed E-state index contributed by atoms with van der Waals surface area (Å²) in [5.74, 6) is 0.550. The van der Waals surface area contributed by atoms with Crippen LogP contribution in [0.2, 0.25) is 0 Å². The van der Waals surface area contributed by atoms with Crippen molar-refractivity contribution in [2.75, 3.05) is 4.90 Å². The number of oxazole rings is 1. The van der Waals surface area contributed by atoms with Crippen LogP contribution in [-0.4, -0.2) is 4.98 Å². The van der Waals surface area contributed by atoms with E-state index in [0.717, 1.165) is 94.3 Å². The minimum Gasteiger partial charge on any atom is -0.456 e. The van der Waals surface area contributed by atoms with Gasteiger partial charge in [0.1, 0.15) is 27.8 Å². The Hall–Kier alpha value is -7.37. The smallest absolute Gasteiger partial charge is 0.227 e. The lowest BCUT2D eigenvalue weighted by Crippen LogP contribution is -2.12. The molecule has 8 aromatic carbocycles. The predicted molar refractivity (Wildman–Crippen MR) is 220 cm³/mol. The standard InChI is InChI=1S/C49H30N2O3/c1-3-14-31(15-4-1)35-18-7-10-23-40(35)51(34-28-26-32(27-29-34)36-21-13-22-38-37-19-8-11-24-41(37)53-48(36)38)47-45-39-20-9-12-25-42(39)52-43(45)30-44-46(47)50-49(54-44)33-16-5-2-6-17-33/h1-30H. The summed E-state index contributed by atoms with van der Waals surface area (Å²) in [6.07, 6.45) is 0. The summed E-state index contributed by atoms with van der Waals surface area (Å²) in [6, 6.07) is 62.6. The molecule has 0 spiro atoms. The second kappa shape index (κ2) is 12.1. The second-order valence-electron chi connectivity index (χ2n) is 13.5. The molecule has 0 saturated heterocycles. The number of furan rings is 2. The Labute approximate surface area is 309 Å². The molecule has 0 radical (unpaired) electrons. The van der Waals surface area contributed by atoms with Crippen LogP contribution in [0.25, 0.3) is 88.7 Å². The first-order valence-electron chi connectivity index (χ1n) is 18.0. The van der Waals surface area contributed by atoms with E-state index >= 15 is 0 Å². The van der Waals surface area contributed by atoms with Crippen molar-refractivity contribution in [3.63, 3.8) is 0 Å². The lowest BCUT2D eigenvalue weighted by Gasteiger charge is -2.28. The number of benzene rings is 8. The van der Waals surface area contributed by atoms with Gasteiger partial charge in [-0.15, -0.1) is 0 Å². The number of anilines is 3. The van der Waals surface area contributed by atoms with Gasteiger partial charge in [0.05, 0.1) is 16.8 Å². The van der Waals surface area contributed by atoms with Crippen LogP contribution < -0.4 is 4.90 Å². The van der Waals surface area contributed by atoms with Gasteiger partial charge in [-0.1, -0.05) is 133 Å². The van der Waals surface area contributed by atoms with Crippen LogP contribution in [-0.2, 0) is 0 Å². The third-order valence-corrected chi connectivity index (χ3v) is 10.3. The van der Waals surface area contributed by atoms with Gasteiger partial charge in [0.25, 0.3) is 0 Å². The summed E-state index contributed by atoms with van der Waals surface area (Å²) in [4.78, 5) is 7.57. The molecule has 0 bridgehead atoms. The molecule has 0 atom stereocenters. The van der Waals surface area contributed by atoms with E-state index in [1.54, 1.807) is 0 Å². The molecular weight excluding hydrogens is 665 g/mol. The van der Waals surface area contributed by atoms with Crippen molar-refractivity contribution in [2.45, 2.75) is 0 Å². The van der Waals surface area contributed by atoms with Gasteiger partial charge in [-0.25, -0.2) is 4.98 Å². The molecule has 254 valence electrons. The fourth-order valence-electron chi connectivity index (χ4n) is 7.85. The average Bonchev–Trinajstić information content (AvgIpc) is 3.95. The molecule has 0 saturated carbocycles. The van der Waals surface area contributed by atoms with Gasteiger partial charge >= 0.3 is 0 Å². The Morgan fingerprint density at radius 2 is 1.02 bits per heavy atom. The number of para-hydroxylation sites is 4. The first kappa shape index (κ1) is 30.3. The van der Waals surface area contributed by atoms with Crippen molar-refractivity contribution in [1.82, 2.24) is 4.98 Å². The molecule has 54 heavy (non-hydrogen) atoms. The third-order valence-electron chi connectivity index (χ3n) is 10.3. The highest BCUT2D eigenvalue weighted by atomic mass is 16.4. The Balaban J connectivity index is 1.20. The number of aromatic nitrogens is 1. The van der Waals surface area contributed by atoms with Crippen molar-refractivity contribution in [3.8, 4) is 33.7 Å². The summed E-state index contributed by atoms with van der Waals surface area (Å²) in [5.41, 5.74) is 12.7. The highest BCUT2D eigenvalue weighted by molar-refractivity contribution is 6.21. The van der Waals surface area contributed by atoms with Crippen molar-refractivity contribution in [2.24, 2.45) is 0 Å². The van der Waals surface area contributed by atoms with Gasteiger partial charge in [-0.3, -0.25) is 0 Å². The molecule has 5 nitrogen and oxygen atoms in total. The van der Waals surface area contributed by atoms with Gasteiger partial charge in [0.2, 0.25) is 5.89 Å². The van der Waals surface area contributed by atoms with Crippen LogP contribution in [0.1, 0.15) is 0 Å². The van der Waals surface area contributed by atoms with Crippen molar-refractivity contribution < 1.29 is 13.3 Å². The summed E-state index contributed by atoms with van der Waals surface area (Å²) >= 11 is 0. The van der Waals surface area contributed by atoms with E-state index in [1.165, 1.54) is 0 Å². The Morgan fingerprint density at radius 3 is 1.81 bits per heavy atom. The zero-order valence-electron chi connectivity index (χ0n) is 28.9. The molecule has 0 fully saturated rings. The summed E-state index contributed by atoms with van der Waals surface area (Å²) in [6.45, 7) is 0. The van der Waals surface area contributed by atoms with Gasteiger partial charge in [-0.05, 0) is 53.6 Å². The van der Waals surface area contributed by atoms with Crippen LogP contribution >= 0.6 is 0 Å². The van der Waals surface area contributed by atoms with E-state index < -0.39 is 0 Å². The normalized spacial score (nSPS) is 11.7. The van der Waals surface area contributed by atoms with Crippen LogP contribution in [0.4, 0.5) is 17.1 Å². The minimum atomic E-state index is 0.550. The fraction of sp³-hybridized carbons (Fsp3) is 0. The molecule has 5 heteroatoms. The topological polar surface area (TPSA) is 55.6 Å². The molecule has 11 rings (SSSR count). The molecule has 3 heterocycles. The molecule has 0 aliphatic rings. The molecule has 0 N–H and O–H groups in total. The van der Waals surface area contributed by atoms with Gasteiger partial charge in [0, 0.05) is 44.6 Å². The Kier molecular flexibility index (Phi) is 6.79. The van der Waals surface area contributed by atoms with Crippen LogP contribution in [0, 0.1) is 0 Å². The fourth-order valence-corrected chi connectivity index (χ4v) is 7.85. The molecule has 3 aromatic heterocycles. The lowest BCUT2D eigenvalue weighted by molar-refractivity contribution is 0.617. The third kappa shape index (κ3) is 4.76. The molecule has 0 aliphatic heterocycles. The molecule has 0 amide bonds. The minimum absolute atomic E-state index is 0.550. The van der Waals surface area contributed by atoms with Crippen LogP contribution in [0.15, 0.2) is 195 Å². The quantitative estimate of drug-likeness (QED) is 0.173. The largest absolute Gasteiger partial charge is 0.456 e. The number of hydrogen-bond acceptors (Lipinski definition) is 5. The molecular formula is C49H30N2O3. The van der Waals surface area contributed by atoms with Gasteiger partial charge in [-0.2, -0.15) is 0 Å². The van der Waals surface area contributed by atoms with Crippen molar-refractivity contribution in [3.05, 3.63) is 182 Å². The SMILES string of the molecule is c1ccc(-c2nc3c(N(c4ccc(-c5cccc6c5oc5ccccc56)cc4)c4ccccc4-c4ccccc4)c4c(cc3o2)oc2ccccc24)cc1. The first-order chi connectivity index (χ1) is 26.8. The Bertz CT molecular complexity index is 3160. The van der Waals surface area contributed by atoms with Crippen LogP contribution in [0.5, 0.6) is 0 Å². The number of fused-ring (bicyclic) bond motifs is 7. The Morgan fingerprint density at radius 1 is 0.407 bits per heavy atom. The lowest BCUT2D eigenvalue weighted by atomic mass is 9.99. The molecule has 11 aromatic rings. The van der Waals surface area contributed by atoms with E-state index in [2.05, 4.69) is 120 Å². The van der Waals surface area contributed by atoms with Crippen molar-refractivity contribution >= 4 is 72.0 Å². The predicted octanol–water partition coefficient (Wildman–Crippen LogP) is 14.1. The van der Waals surface area contributed by atoms with E-state index in [0.29, 0.717) is 11.5 Å². The van der Waals surface area contributed by atoms with Crippen LogP contribution in [0.3, 0.4) is 0 Å². The zero-order valence-corrected chi connectivity index (χ0v) is 28.9. The number of hydrogen-bond donors (Lipinski definition) is 0. The highest BCUT2D eigenvalue weighted by Gasteiger charge is 2.27. The average molecular weight is 695 g/mol. The summed E-state index contributed by atoms with van der Waals surface area (Å²) in [7, 11) is 0. The van der Waals surface area contributed by atoms with E-state index in [4.69, 9.17) is 18.2 Å². The summed E-state index contributed by atoms with van der Waals surface area (Å²) in [5, 5.41) is 4.18. The number of nitrogens with zero attached hydrogens (tertiary/aromatic N) is 2. The molecule has 0 unspecified atom stereocenters.